The lowest BCUT2D eigenvalue weighted by atomic mass is 10.1. The SMILES string of the molecule is Cc1nn(C)c(CC2(N)CC2)c1Br. The van der Waals surface area contributed by atoms with Crippen LogP contribution in [0.5, 0.6) is 0 Å². The highest BCUT2D eigenvalue weighted by Crippen LogP contribution is 2.37. The number of nitrogens with two attached hydrogens (primary N) is 1. The zero-order valence-electron chi connectivity index (χ0n) is 7.97. The van der Waals surface area contributed by atoms with Crippen LogP contribution in [0.4, 0.5) is 0 Å². The largest absolute Gasteiger partial charge is 0.325 e. The van der Waals surface area contributed by atoms with Crippen molar-refractivity contribution in [3.63, 3.8) is 0 Å². The Morgan fingerprint density at radius 3 is 2.62 bits per heavy atom. The highest BCUT2D eigenvalue weighted by Gasteiger charge is 2.39. The van der Waals surface area contributed by atoms with Gasteiger partial charge in [0.2, 0.25) is 0 Å². The minimum atomic E-state index is 0.0583. The van der Waals surface area contributed by atoms with Crippen LogP contribution in [0.15, 0.2) is 4.47 Å². The van der Waals surface area contributed by atoms with Gasteiger partial charge in [0.05, 0.1) is 15.9 Å². The lowest BCUT2D eigenvalue weighted by Gasteiger charge is -2.08. The standard InChI is InChI=1S/C9H14BrN3/c1-6-8(10)7(13(2)12-6)5-9(11)3-4-9/h3-5,11H2,1-2H3. The van der Waals surface area contributed by atoms with E-state index in [2.05, 4.69) is 21.0 Å². The summed E-state index contributed by atoms with van der Waals surface area (Å²) in [6.45, 7) is 2.00. The molecule has 0 atom stereocenters. The van der Waals surface area contributed by atoms with Crippen LogP contribution < -0.4 is 5.73 Å². The first-order valence-corrected chi connectivity index (χ1v) is 5.28. The van der Waals surface area contributed by atoms with Crippen molar-refractivity contribution in [1.82, 2.24) is 9.78 Å². The second-order valence-electron chi connectivity index (χ2n) is 4.01. The molecule has 2 N–H and O–H groups in total. The van der Waals surface area contributed by atoms with Gasteiger partial charge in [-0.15, -0.1) is 0 Å². The van der Waals surface area contributed by atoms with E-state index in [1.165, 1.54) is 5.69 Å². The van der Waals surface area contributed by atoms with E-state index >= 15 is 0 Å². The molecule has 0 amide bonds. The molecule has 0 aromatic carbocycles. The normalized spacial score (nSPS) is 19.1. The fourth-order valence-electron chi connectivity index (χ4n) is 1.54. The molecule has 0 spiro atoms. The molecule has 0 saturated heterocycles. The minimum absolute atomic E-state index is 0.0583. The molecule has 0 unspecified atom stereocenters. The molecule has 1 fully saturated rings. The highest BCUT2D eigenvalue weighted by atomic mass is 79.9. The van der Waals surface area contributed by atoms with Gasteiger partial charge in [0.25, 0.3) is 0 Å². The third-order valence-corrected chi connectivity index (χ3v) is 3.70. The molecule has 0 bridgehead atoms. The lowest BCUT2D eigenvalue weighted by Crippen LogP contribution is -2.25. The Labute approximate surface area is 86.4 Å². The molecule has 1 saturated carbocycles. The van der Waals surface area contributed by atoms with Crippen LogP contribution in [-0.4, -0.2) is 15.3 Å². The Kier molecular flexibility index (Phi) is 2.00. The van der Waals surface area contributed by atoms with Crippen molar-refractivity contribution in [3.8, 4) is 0 Å². The predicted molar refractivity (Wildman–Crippen MR) is 55.5 cm³/mol. The van der Waals surface area contributed by atoms with E-state index in [1.54, 1.807) is 0 Å². The molecule has 3 nitrogen and oxygen atoms in total. The Hall–Kier alpha value is -0.350. The summed E-state index contributed by atoms with van der Waals surface area (Å²) in [6.07, 6.45) is 3.22. The first kappa shape index (κ1) is 9.21. The van der Waals surface area contributed by atoms with Gasteiger partial charge in [-0.25, -0.2) is 0 Å². The summed E-state index contributed by atoms with van der Waals surface area (Å²) in [6, 6.07) is 0. The minimum Gasteiger partial charge on any atom is -0.325 e. The van der Waals surface area contributed by atoms with Gasteiger partial charge in [0.15, 0.2) is 0 Å². The Bertz CT molecular complexity index is 339. The van der Waals surface area contributed by atoms with E-state index in [4.69, 9.17) is 5.73 Å². The molecule has 1 aliphatic carbocycles. The van der Waals surface area contributed by atoms with Gasteiger partial charge < -0.3 is 5.73 Å². The van der Waals surface area contributed by atoms with Gasteiger partial charge in [0.1, 0.15) is 0 Å². The summed E-state index contributed by atoms with van der Waals surface area (Å²) < 4.78 is 3.04. The zero-order chi connectivity index (χ0) is 9.64. The summed E-state index contributed by atoms with van der Waals surface area (Å²) in [5.41, 5.74) is 8.39. The van der Waals surface area contributed by atoms with E-state index < -0.39 is 0 Å². The summed E-state index contributed by atoms with van der Waals surface area (Å²) in [5.74, 6) is 0. The molecule has 1 aromatic rings. The van der Waals surface area contributed by atoms with Crippen LogP contribution in [0.3, 0.4) is 0 Å². The third-order valence-electron chi connectivity index (χ3n) is 2.67. The number of hydrogen-bond donors (Lipinski definition) is 1. The zero-order valence-corrected chi connectivity index (χ0v) is 9.56. The molecule has 1 heterocycles. The van der Waals surface area contributed by atoms with Gasteiger partial charge >= 0.3 is 0 Å². The van der Waals surface area contributed by atoms with Crippen molar-refractivity contribution in [2.24, 2.45) is 12.8 Å². The van der Waals surface area contributed by atoms with Crippen LogP contribution >= 0.6 is 15.9 Å². The Morgan fingerprint density at radius 2 is 2.23 bits per heavy atom. The second kappa shape index (κ2) is 2.82. The maximum atomic E-state index is 6.06. The second-order valence-corrected chi connectivity index (χ2v) is 4.80. The number of nitrogens with zero attached hydrogens (tertiary/aromatic N) is 2. The van der Waals surface area contributed by atoms with Crippen molar-refractivity contribution in [2.75, 3.05) is 0 Å². The molecular formula is C9H14BrN3. The van der Waals surface area contributed by atoms with Gasteiger partial charge in [-0.2, -0.15) is 5.10 Å². The first-order valence-electron chi connectivity index (χ1n) is 4.49. The number of hydrogen-bond acceptors (Lipinski definition) is 2. The van der Waals surface area contributed by atoms with Crippen LogP contribution in [0.1, 0.15) is 24.2 Å². The molecule has 72 valence electrons. The fraction of sp³-hybridized carbons (Fsp3) is 0.667. The van der Waals surface area contributed by atoms with Crippen LogP contribution in [0.25, 0.3) is 0 Å². The monoisotopic (exact) mass is 243 g/mol. The van der Waals surface area contributed by atoms with E-state index in [0.717, 1.165) is 29.4 Å². The van der Waals surface area contributed by atoms with Crippen molar-refractivity contribution in [3.05, 3.63) is 15.9 Å². The number of rotatable bonds is 2. The van der Waals surface area contributed by atoms with E-state index in [0.29, 0.717) is 0 Å². The topological polar surface area (TPSA) is 43.8 Å². The Balaban J connectivity index is 2.28. The third kappa shape index (κ3) is 1.65. The van der Waals surface area contributed by atoms with Crippen LogP contribution in [-0.2, 0) is 13.5 Å². The molecule has 1 aliphatic rings. The predicted octanol–water partition coefficient (Wildman–Crippen LogP) is 1.52. The maximum Gasteiger partial charge on any atom is 0.0738 e. The van der Waals surface area contributed by atoms with E-state index in [1.807, 2.05) is 18.7 Å². The van der Waals surface area contributed by atoms with Crippen LogP contribution in [0.2, 0.25) is 0 Å². The molecule has 2 rings (SSSR count). The summed E-state index contributed by atoms with van der Waals surface area (Å²) in [7, 11) is 1.97. The maximum absolute atomic E-state index is 6.06. The summed E-state index contributed by atoms with van der Waals surface area (Å²) in [5, 5.41) is 4.34. The van der Waals surface area contributed by atoms with Gasteiger partial charge in [-0.05, 0) is 35.7 Å². The molecule has 0 radical (unpaired) electrons. The molecule has 13 heavy (non-hydrogen) atoms. The molecule has 4 heteroatoms. The average molecular weight is 244 g/mol. The number of aromatic nitrogens is 2. The quantitative estimate of drug-likeness (QED) is 0.857. The Morgan fingerprint density at radius 1 is 1.62 bits per heavy atom. The number of halogens is 1. The van der Waals surface area contributed by atoms with Crippen molar-refractivity contribution < 1.29 is 0 Å². The smallest absolute Gasteiger partial charge is 0.0738 e. The van der Waals surface area contributed by atoms with Gasteiger partial charge in [-0.3, -0.25) is 4.68 Å². The van der Waals surface area contributed by atoms with E-state index in [9.17, 15) is 0 Å². The van der Waals surface area contributed by atoms with Gasteiger partial charge in [0, 0.05) is 19.0 Å². The molecule has 1 aromatic heterocycles. The fourth-order valence-corrected chi connectivity index (χ4v) is 2.02. The van der Waals surface area contributed by atoms with Crippen molar-refractivity contribution in [1.29, 1.82) is 0 Å². The average Bonchev–Trinajstić information content (AvgIpc) is 2.73. The molecular weight excluding hydrogens is 230 g/mol. The van der Waals surface area contributed by atoms with Crippen molar-refractivity contribution in [2.45, 2.75) is 31.7 Å². The highest BCUT2D eigenvalue weighted by molar-refractivity contribution is 9.10. The van der Waals surface area contributed by atoms with E-state index in [-0.39, 0.29) is 5.54 Å². The first-order chi connectivity index (χ1) is 6.02. The lowest BCUT2D eigenvalue weighted by molar-refractivity contribution is 0.610. The number of aryl methyl sites for hydroxylation is 2. The summed E-state index contributed by atoms with van der Waals surface area (Å²) >= 11 is 3.54. The summed E-state index contributed by atoms with van der Waals surface area (Å²) in [4.78, 5) is 0. The van der Waals surface area contributed by atoms with Crippen molar-refractivity contribution >= 4 is 15.9 Å². The molecule has 0 aliphatic heterocycles. The van der Waals surface area contributed by atoms with Crippen LogP contribution in [0, 0.1) is 6.92 Å². The van der Waals surface area contributed by atoms with Gasteiger partial charge in [-0.1, -0.05) is 0 Å².